The van der Waals surface area contributed by atoms with Crippen LogP contribution in [0.4, 0.5) is 0 Å². The fourth-order valence-corrected chi connectivity index (χ4v) is 3.83. The molecule has 1 fully saturated rings. The van der Waals surface area contributed by atoms with Crippen molar-refractivity contribution in [3.63, 3.8) is 0 Å². The lowest BCUT2D eigenvalue weighted by atomic mass is 9.80. The number of rotatable bonds is 5. The van der Waals surface area contributed by atoms with Gasteiger partial charge in [-0.3, -0.25) is 4.79 Å². The third-order valence-corrected chi connectivity index (χ3v) is 6.30. The fourth-order valence-electron chi connectivity index (χ4n) is 2.37. The first-order chi connectivity index (χ1) is 10.3. The average molecular weight is 391 g/mol. The molecule has 0 saturated carbocycles. The predicted octanol–water partition coefficient (Wildman–Crippen LogP) is 1.32. The monoisotopic (exact) mass is 390 g/mol. The first-order valence-corrected chi connectivity index (χ1v) is 9.18. The molecule has 2 rings (SSSR count). The summed E-state index contributed by atoms with van der Waals surface area (Å²) in [5.74, 6) is -0.495. The number of nitrogens with one attached hydrogen (secondary N) is 1. The van der Waals surface area contributed by atoms with E-state index in [9.17, 15) is 13.2 Å². The number of halogens is 1. The maximum atomic E-state index is 12.4. The van der Waals surface area contributed by atoms with E-state index in [0.29, 0.717) is 26.1 Å². The molecule has 22 heavy (non-hydrogen) atoms. The zero-order valence-corrected chi connectivity index (χ0v) is 14.7. The van der Waals surface area contributed by atoms with Crippen molar-refractivity contribution in [1.82, 2.24) is 4.72 Å². The Labute approximate surface area is 138 Å². The number of carbonyl (C=O) groups is 1. The summed E-state index contributed by atoms with van der Waals surface area (Å²) in [6.45, 7) is 2.61. The summed E-state index contributed by atoms with van der Waals surface area (Å²) in [7, 11) is -3.69. The minimum absolute atomic E-state index is 0.0108. The summed E-state index contributed by atoms with van der Waals surface area (Å²) in [5.41, 5.74) is 5.42. The van der Waals surface area contributed by atoms with Crippen LogP contribution in [0.1, 0.15) is 18.4 Å². The molecule has 0 atom stereocenters. The summed E-state index contributed by atoms with van der Waals surface area (Å²) in [5, 5.41) is 0. The van der Waals surface area contributed by atoms with Crippen LogP contribution in [0.3, 0.4) is 0 Å². The Bertz CT molecular complexity index is 669. The van der Waals surface area contributed by atoms with Gasteiger partial charge in [0.2, 0.25) is 15.9 Å². The number of ether oxygens (including phenoxy) is 1. The fraction of sp³-hybridized carbons (Fsp3) is 0.500. The number of nitrogens with two attached hydrogens (primary N) is 1. The molecule has 0 aromatic heterocycles. The number of hydrogen-bond donors (Lipinski definition) is 2. The molecule has 1 aliphatic heterocycles. The highest BCUT2D eigenvalue weighted by Crippen LogP contribution is 2.30. The lowest BCUT2D eigenvalue weighted by Crippen LogP contribution is -2.49. The van der Waals surface area contributed by atoms with Gasteiger partial charge in [-0.25, -0.2) is 13.1 Å². The molecule has 1 saturated heterocycles. The molecule has 0 aliphatic carbocycles. The van der Waals surface area contributed by atoms with Gasteiger partial charge >= 0.3 is 0 Å². The van der Waals surface area contributed by atoms with E-state index in [1.54, 1.807) is 12.1 Å². The third-order valence-electron chi connectivity index (χ3n) is 4.01. The second-order valence-electron chi connectivity index (χ2n) is 5.49. The highest BCUT2D eigenvalue weighted by atomic mass is 79.9. The van der Waals surface area contributed by atoms with Crippen molar-refractivity contribution in [3.8, 4) is 0 Å². The molecule has 0 bridgehead atoms. The topological polar surface area (TPSA) is 98.5 Å². The van der Waals surface area contributed by atoms with Crippen molar-refractivity contribution < 1.29 is 17.9 Å². The number of hydrogen-bond acceptors (Lipinski definition) is 4. The smallest absolute Gasteiger partial charge is 0.240 e. The second kappa shape index (κ2) is 6.66. The molecule has 0 spiro atoms. The Morgan fingerprint density at radius 3 is 2.59 bits per heavy atom. The molecule has 1 aromatic carbocycles. The first kappa shape index (κ1) is 17.4. The van der Waals surface area contributed by atoms with Crippen molar-refractivity contribution in [2.24, 2.45) is 11.1 Å². The van der Waals surface area contributed by atoms with Gasteiger partial charge in [0, 0.05) is 24.2 Å². The van der Waals surface area contributed by atoms with Gasteiger partial charge in [0.1, 0.15) is 0 Å². The van der Waals surface area contributed by atoms with Crippen molar-refractivity contribution in [1.29, 1.82) is 0 Å². The highest BCUT2D eigenvalue weighted by molar-refractivity contribution is 9.10. The standard InChI is InChI=1S/C14H19BrN2O4S/c1-10-8-11(2-3-12(10)15)22(19,20)17-9-14(13(16)18)4-6-21-7-5-14/h2-3,8,17H,4-7,9H2,1H3,(H2,16,18). The number of sulfonamides is 1. The van der Waals surface area contributed by atoms with E-state index < -0.39 is 21.3 Å². The Hall–Kier alpha value is -0.960. The van der Waals surface area contributed by atoms with E-state index in [4.69, 9.17) is 10.5 Å². The quantitative estimate of drug-likeness (QED) is 0.791. The molecule has 0 unspecified atom stereocenters. The van der Waals surface area contributed by atoms with Crippen LogP contribution in [-0.2, 0) is 19.6 Å². The molecular formula is C14H19BrN2O4S. The molecule has 1 amide bonds. The average Bonchev–Trinajstić information content (AvgIpc) is 2.49. The second-order valence-corrected chi connectivity index (χ2v) is 8.11. The Morgan fingerprint density at radius 2 is 2.05 bits per heavy atom. The largest absolute Gasteiger partial charge is 0.381 e. The van der Waals surface area contributed by atoms with Crippen LogP contribution in [0.5, 0.6) is 0 Å². The lowest BCUT2D eigenvalue weighted by Gasteiger charge is -2.34. The Kier molecular flexibility index (Phi) is 5.26. The lowest BCUT2D eigenvalue weighted by molar-refractivity contribution is -0.132. The van der Waals surface area contributed by atoms with E-state index in [1.807, 2.05) is 6.92 Å². The third kappa shape index (κ3) is 3.68. The Morgan fingerprint density at radius 1 is 1.41 bits per heavy atom. The zero-order chi connectivity index (χ0) is 16.4. The molecular weight excluding hydrogens is 372 g/mol. The van der Waals surface area contributed by atoms with Gasteiger partial charge in [-0.2, -0.15) is 0 Å². The van der Waals surface area contributed by atoms with Crippen LogP contribution in [0.2, 0.25) is 0 Å². The summed E-state index contributed by atoms with van der Waals surface area (Å²) in [6, 6.07) is 4.77. The number of aryl methyl sites for hydroxylation is 1. The molecule has 1 aliphatic rings. The van der Waals surface area contributed by atoms with Crippen molar-refractivity contribution >= 4 is 31.9 Å². The zero-order valence-electron chi connectivity index (χ0n) is 12.3. The summed E-state index contributed by atoms with van der Waals surface area (Å²) in [4.78, 5) is 11.9. The summed E-state index contributed by atoms with van der Waals surface area (Å²) < 4.78 is 33.4. The van der Waals surface area contributed by atoms with E-state index in [0.717, 1.165) is 10.0 Å². The van der Waals surface area contributed by atoms with Gasteiger partial charge in [-0.05, 0) is 43.5 Å². The van der Waals surface area contributed by atoms with E-state index in [1.165, 1.54) is 6.07 Å². The van der Waals surface area contributed by atoms with Crippen LogP contribution in [0.25, 0.3) is 0 Å². The molecule has 3 N–H and O–H groups in total. The molecule has 122 valence electrons. The van der Waals surface area contributed by atoms with E-state index in [-0.39, 0.29) is 11.4 Å². The van der Waals surface area contributed by atoms with Crippen molar-refractivity contribution in [3.05, 3.63) is 28.2 Å². The van der Waals surface area contributed by atoms with Gasteiger partial charge in [-0.1, -0.05) is 15.9 Å². The number of carbonyl (C=O) groups excluding carboxylic acids is 1. The van der Waals surface area contributed by atoms with Gasteiger partial charge in [0.25, 0.3) is 0 Å². The minimum Gasteiger partial charge on any atom is -0.381 e. The number of benzene rings is 1. The van der Waals surface area contributed by atoms with Crippen molar-refractivity contribution in [2.75, 3.05) is 19.8 Å². The first-order valence-electron chi connectivity index (χ1n) is 6.90. The van der Waals surface area contributed by atoms with Gasteiger partial charge < -0.3 is 10.5 Å². The van der Waals surface area contributed by atoms with Crippen LogP contribution >= 0.6 is 15.9 Å². The van der Waals surface area contributed by atoms with Crippen molar-refractivity contribution in [2.45, 2.75) is 24.7 Å². The normalized spacial score (nSPS) is 18.1. The maximum absolute atomic E-state index is 12.4. The van der Waals surface area contributed by atoms with Gasteiger partial charge in [0.15, 0.2) is 0 Å². The van der Waals surface area contributed by atoms with Gasteiger partial charge in [0.05, 0.1) is 10.3 Å². The molecule has 0 radical (unpaired) electrons. The van der Waals surface area contributed by atoms with E-state index in [2.05, 4.69) is 20.7 Å². The minimum atomic E-state index is -3.69. The SMILES string of the molecule is Cc1cc(S(=O)(=O)NCC2(C(N)=O)CCOCC2)ccc1Br. The molecule has 1 aromatic rings. The van der Waals surface area contributed by atoms with Gasteiger partial charge in [-0.15, -0.1) is 0 Å². The number of primary amides is 1. The van der Waals surface area contributed by atoms with Crippen LogP contribution in [0, 0.1) is 12.3 Å². The predicted molar refractivity (Wildman–Crippen MR) is 85.7 cm³/mol. The molecule has 6 nitrogen and oxygen atoms in total. The summed E-state index contributed by atoms with van der Waals surface area (Å²) in [6.07, 6.45) is 0.842. The molecule has 1 heterocycles. The number of amides is 1. The molecule has 8 heteroatoms. The summed E-state index contributed by atoms with van der Waals surface area (Å²) >= 11 is 3.33. The van der Waals surface area contributed by atoms with Crippen LogP contribution < -0.4 is 10.5 Å². The van der Waals surface area contributed by atoms with E-state index >= 15 is 0 Å². The van der Waals surface area contributed by atoms with Crippen LogP contribution in [-0.4, -0.2) is 34.1 Å². The van der Waals surface area contributed by atoms with Crippen LogP contribution in [0.15, 0.2) is 27.6 Å². The Balaban J connectivity index is 2.17. The maximum Gasteiger partial charge on any atom is 0.240 e. The highest BCUT2D eigenvalue weighted by Gasteiger charge is 2.39.